The maximum atomic E-state index is 4.68. The van der Waals surface area contributed by atoms with Crippen molar-refractivity contribution in [2.75, 3.05) is 0 Å². The second-order valence-corrected chi connectivity index (χ2v) is 8.17. The Morgan fingerprint density at radius 1 is 0.852 bits per heavy atom. The first kappa shape index (κ1) is 17.7. The summed E-state index contributed by atoms with van der Waals surface area (Å²) >= 11 is 0. The van der Waals surface area contributed by atoms with Crippen molar-refractivity contribution in [1.82, 2.24) is 9.97 Å². The molecule has 0 aliphatic carbocycles. The lowest BCUT2D eigenvalue weighted by molar-refractivity contribution is 0.647. The maximum Gasteiger partial charge on any atom is 0.116 e. The minimum Gasteiger partial charge on any atom is -0.236 e. The minimum absolute atomic E-state index is 0.654. The third kappa shape index (κ3) is 3.32. The SMILES string of the molecule is Cc1cc(C)cc(-c2ncnc3c2ccc2cc(CC(C)C)cc(C)c23)c1. The van der Waals surface area contributed by atoms with Gasteiger partial charge in [-0.05, 0) is 67.8 Å². The van der Waals surface area contributed by atoms with Crippen LogP contribution in [0.5, 0.6) is 0 Å². The summed E-state index contributed by atoms with van der Waals surface area (Å²) in [4.78, 5) is 9.32. The van der Waals surface area contributed by atoms with Crippen molar-refractivity contribution in [2.24, 2.45) is 5.92 Å². The van der Waals surface area contributed by atoms with Gasteiger partial charge in [0, 0.05) is 16.3 Å². The van der Waals surface area contributed by atoms with E-state index in [9.17, 15) is 0 Å². The molecule has 2 heteroatoms. The van der Waals surface area contributed by atoms with Crippen molar-refractivity contribution in [3.63, 3.8) is 0 Å². The van der Waals surface area contributed by atoms with Crippen LogP contribution in [0.15, 0.2) is 48.8 Å². The van der Waals surface area contributed by atoms with E-state index in [0.717, 1.165) is 28.6 Å². The zero-order chi connectivity index (χ0) is 19.1. The lowest BCUT2D eigenvalue weighted by Crippen LogP contribution is -1.96. The van der Waals surface area contributed by atoms with Gasteiger partial charge in [0.2, 0.25) is 0 Å². The third-order valence-electron chi connectivity index (χ3n) is 5.12. The van der Waals surface area contributed by atoms with Gasteiger partial charge in [0.1, 0.15) is 6.33 Å². The molecule has 0 aliphatic heterocycles. The molecular weight excluding hydrogens is 328 g/mol. The Morgan fingerprint density at radius 2 is 1.59 bits per heavy atom. The normalized spacial score (nSPS) is 11.6. The molecule has 27 heavy (non-hydrogen) atoms. The number of nitrogens with zero attached hydrogens (tertiary/aromatic N) is 2. The van der Waals surface area contributed by atoms with Crippen molar-refractivity contribution in [3.05, 3.63) is 71.0 Å². The van der Waals surface area contributed by atoms with E-state index in [1.807, 2.05) is 0 Å². The molecule has 136 valence electrons. The predicted molar refractivity (Wildman–Crippen MR) is 115 cm³/mol. The Bertz CT molecular complexity index is 1140. The Balaban J connectivity index is 1.98. The fourth-order valence-corrected chi connectivity index (χ4v) is 4.20. The Labute approximate surface area is 161 Å². The number of hydrogen-bond donors (Lipinski definition) is 0. The summed E-state index contributed by atoms with van der Waals surface area (Å²) in [6, 6.07) is 15.7. The largest absolute Gasteiger partial charge is 0.236 e. The molecule has 3 aromatic carbocycles. The summed E-state index contributed by atoms with van der Waals surface area (Å²) in [6.45, 7) is 11.0. The number of fused-ring (bicyclic) bond motifs is 3. The number of aryl methyl sites for hydroxylation is 3. The van der Waals surface area contributed by atoms with Crippen LogP contribution in [0.2, 0.25) is 0 Å². The van der Waals surface area contributed by atoms with Crippen LogP contribution in [0.3, 0.4) is 0 Å². The van der Waals surface area contributed by atoms with Crippen molar-refractivity contribution in [2.45, 2.75) is 41.0 Å². The molecule has 2 nitrogen and oxygen atoms in total. The van der Waals surface area contributed by atoms with Crippen molar-refractivity contribution >= 4 is 21.7 Å². The molecule has 0 amide bonds. The van der Waals surface area contributed by atoms with Crippen molar-refractivity contribution in [3.8, 4) is 11.3 Å². The second kappa shape index (κ2) is 6.77. The van der Waals surface area contributed by atoms with Gasteiger partial charge < -0.3 is 0 Å². The lowest BCUT2D eigenvalue weighted by Gasteiger charge is -2.13. The predicted octanol–water partition coefficient (Wildman–Crippen LogP) is 6.57. The molecule has 0 aliphatic rings. The van der Waals surface area contributed by atoms with Crippen molar-refractivity contribution < 1.29 is 0 Å². The first-order valence-electron chi connectivity index (χ1n) is 9.68. The summed E-state index contributed by atoms with van der Waals surface area (Å²) in [6.07, 6.45) is 2.81. The van der Waals surface area contributed by atoms with E-state index in [-0.39, 0.29) is 0 Å². The summed E-state index contributed by atoms with van der Waals surface area (Å²) in [5.74, 6) is 0.654. The number of rotatable bonds is 3. The molecule has 0 unspecified atom stereocenters. The molecule has 1 aromatic heterocycles. The molecule has 0 N–H and O–H groups in total. The van der Waals surface area contributed by atoms with E-state index < -0.39 is 0 Å². The molecular formula is C25H26N2. The van der Waals surface area contributed by atoms with E-state index >= 15 is 0 Å². The van der Waals surface area contributed by atoms with Gasteiger partial charge in [-0.1, -0.05) is 49.2 Å². The first-order chi connectivity index (χ1) is 12.9. The van der Waals surface area contributed by atoms with Gasteiger partial charge in [-0.15, -0.1) is 0 Å². The summed E-state index contributed by atoms with van der Waals surface area (Å²) in [5, 5.41) is 3.63. The Morgan fingerprint density at radius 3 is 2.30 bits per heavy atom. The van der Waals surface area contributed by atoms with E-state index in [4.69, 9.17) is 0 Å². The van der Waals surface area contributed by atoms with Crippen LogP contribution in [0, 0.1) is 26.7 Å². The number of aromatic nitrogens is 2. The smallest absolute Gasteiger partial charge is 0.116 e. The van der Waals surface area contributed by atoms with E-state index in [2.05, 4.69) is 87.1 Å². The Kier molecular flexibility index (Phi) is 4.43. The highest BCUT2D eigenvalue weighted by Gasteiger charge is 2.12. The summed E-state index contributed by atoms with van der Waals surface area (Å²) in [5.41, 5.74) is 8.42. The van der Waals surface area contributed by atoms with Crippen LogP contribution in [0.4, 0.5) is 0 Å². The van der Waals surface area contributed by atoms with Crippen LogP contribution in [-0.2, 0) is 6.42 Å². The third-order valence-corrected chi connectivity index (χ3v) is 5.12. The van der Waals surface area contributed by atoms with E-state index in [1.54, 1.807) is 6.33 Å². The Hall–Kier alpha value is -2.74. The average Bonchev–Trinajstić information content (AvgIpc) is 2.59. The van der Waals surface area contributed by atoms with Gasteiger partial charge in [0.25, 0.3) is 0 Å². The first-order valence-corrected chi connectivity index (χ1v) is 9.68. The lowest BCUT2D eigenvalue weighted by atomic mass is 9.94. The summed E-state index contributed by atoms with van der Waals surface area (Å²) < 4.78 is 0. The van der Waals surface area contributed by atoms with Gasteiger partial charge in [0.05, 0.1) is 11.2 Å². The van der Waals surface area contributed by atoms with Crippen molar-refractivity contribution in [1.29, 1.82) is 0 Å². The molecule has 0 spiro atoms. The zero-order valence-electron chi connectivity index (χ0n) is 16.8. The highest BCUT2D eigenvalue weighted by Crippen LogP contribution is 2.33. The van der Waals surface area contributed by atoms with Gasteiger partial charge in [-0.2, -0.15) is 0 Å². The molecule has 0 saturated heterocycles. The zero-order valence-corrected chi connectivity index (χ0v) is 16.8. The quantitative estimate of drug-likeness (QED) is 0.389. The molecule has 0 fully saturated rings. The molecule has 1 heterocycles. The van der Waals surface area contributed by atoms with Gasteiger partial charge >= 0.3 is 0 Å². The molecule has 4 rings (SSSR count). The highest BCUT2D eigenvalue weighted by atomic mass is 14.8. The van der Waals surface area contributed by atoms with Gasteiger partial charge in [-0.3, -0.25) is 0 Å². The molecule has 0 bridgehead atoms. The van der Waals surface area contributed by atoms with Crippen LogP contribution in [0.1, 0.15) is 36.1 Å². The van der Waals surface area contributed by atoms with E-state index in [0.29, 0.717) is 5.92 Å². The number of benzene rings is 3. The summed E-state index contributed by atoms with van der Waals surface area (Å²) in [7, 11) is 0. The van der Waals surface area contributed by atoms with Gasteiger partial charge in [0.15, 0.2) is 0 Å². The fourth-order valence-electron chi connectivity index (χ4n) is 4.20. The monoisotopic (exact) mass is 354 g/mol. The number of hydrogen-bond acceptors (Lipinski definition) is 2. The van der Waals surface area contributed by atoms with Gasteiger partial charge in [-0.25, -0.2) is 9.97 Å². The van der Waals surface area contributed by atoms with Crippen LogP contribution >= 0.6 is 0 Å². The maximum absolute atomic E-state index is 4.68. The van der Waals surface area contributed by atoms with Crippen LogP contribution in [0.25, 0.3) is 32.9 Å². The van der Waals surface area contributed by atoms with E-state index in [1.165, 1.54) is 33.0 Å². The molecule has 4 aromatic rings. The van der Waals surface area contributed by atoms with Crippen LogP contribution < -0.4 is 0 Å². The highest BCUT2D eigenvalue weighted by molar-refractivity contribution is 6.10. The molecule has 0 saturated carbocycles. The molecule has 0 radical (unpaired) electrons. The average molecular weight is 354 g/mol. The standard InChI is InChI=1S/C25H26N2/c1-15(2)8-19-12-18(5)23-20(13-19)6-7-22-24(26-14-27-25(22)23)21-10-16(3)9-17(4)11-21/h6-7,9-15H,8H2,1-5H3. The second-order valence-electron chi connectivity index (χ2n) is 8.17. The van der Waals surface area contributed by atoms with Crippen LogP contribution in [-0.4, -0.2) is 9.97 Å². The molecule has 0 atom stereocenters. The fraction of sp³-hybridized carbons (Fsp3) is 0.280. The topological polar surface area (TPSA) is 25.8 Å². The minimum atomic E-state index is 0.654.